The molecule has 0 N–H and O–H groups in total. The minimum Gasteiger partial charge on any atom is -0.501 e. The molecular formula is C38H28IrN4O-2. The first-order chi connectivity index (χ1) is 21.5. The Kier molecular flexibility index (Phi) is 8.09. The number of nitrogens with zero attached hydrogens (tertiary/aromatic N) is 4. The van der Waals surface area contributed by atoms with E-state index in [-0.39, 0.29) is 20.1 Å². The van der Waals surface area contributed by atoms with Crippen molar-refractivity contribution in [3.8, 4) is 28.3 Å². The van der Waals surface area contributed by atoms with E-state index >= 15 is 0 Å². The summed E-state index contributed by atoms with van der Waals surface area (Å²) in [5, 5.41) is 2.03. The number of para-hydroxylation sites is 1. The molecule has 4 aromatic heterocycles. The van der Waals surface area contributed by atoms with Crippen LogP contribution in [0.1, 0.15) is 26.7 Å². The standard InChI is InChI=1S/C27H20N3O.C11H8N.Ir/c1-17(2)18-11-12-20-21-9-6-10-22(26(21)31-25(20)15-18)27-29-23-16-28-14-13-24(23)30(27)19-7-4-3-5-8-19;1-2-6-10(7-3-1)11-8-4-5-9-12-11;/h3-9,11-17H,1-2H3;1-6,8-9H;/q2*-1;/i17D;;. The van der Waals surface area contributed by atoms with E-state index in [4.69, 9.17) is 10.8 Å². The quantitative estimate of drug-likeness (QED) is 0.168. The molecule has 0 unspecified atom stereocenters. The molecule has 0 saturated heterocycles. The Morgan fingerprint density at radius 1 is 0.818 bits per heavy atom. The van der Waals surface area contributed by atoms with Gasteiger partial charge in [0.1, 0.15) is 5.58 Å². The average molecular weight is 750 g/mol. The van der Waals surface area contributed by atoms with Crippen LogP contribution in [0.15, 0.2) is 132 Å². The van der Waals surface area contributed by atoms with Gasteiger partial charge in [-0.2, -0.15) is 0 Å². The number of hydrogen-bond donors (Lipinski definition) is 0. The summed E-state index contributed by atoms with van der Waals surface area (Å²) in [7, 11) is 0. The van der Waals surface area contributed by atoms with Crippen LogP contribution < -0.4 is 0 Å². The van der Waals surface area contributed by atoms with Crippen LogP contribution in [-0.4, -0.2) is 19.5 Å². The number of fused-ring (bicyclic) bond motifs is 4. The molecule has 217 valence electrons. The van der Waals surface area contributed by atoms with Crippen molar-refractivity contribution < 1.29 is 25.9 Å². The van der Waals surface area contributed by atoms with Gasteiger partial charge in [-0.25, -0.2) is 0 Å². The molecule has 0 spiro atoms. The first-order valence-corrected chi connectivity index (χ1v) is 14.1. The molecule has 8 rings (SSSR count). The molecule has 0 saturated carbocycles. The van der Waals surface area contributed by atoms with Gasteiger partial charge in [0.2, 0.25) is 0 Å². The van der Waals surface area contributed by atoms with Crippen LogP contribution in [0.3, 0.4) is 0 Å². The Bertz CT molecular complexity index is 2170. The Morgan fingerprint density at radius 3 is 2.43 bits per heavy atom. The molecule has 4 aromatic carbocycles. The van der Waals surface area contributed by atoms with Crippen LogP contribution >= 0.6 is 0 Å². The molecule has 0 amide bonds. The van der Waals surface area contributed by atoms with E-state index in [1.807, 2.05) is 111 Å². The zero-order valence-electron chi connectivity index (χ0n) is 25.2. The maximum absolute atomic E-state index is 8.38. The zero-order chi connectivity index (χ0) is 30.1. The van der Waals surface area contributed by atoms with Gasteiger partial charge in [-0.05, 0) is 47.5 Å². The van der Waals surface area contributed by atoms with Crippen molar-refractivity contribution in [2.45, 2.75) is 19.7 Å². The van der Waals surface area contributed by atoms with Gasteiger partial charge in [-0.1, -0.05) is 67.3 Å². The smallest absolute Gasteiger partial charge is 0.121 e. The van der Waals surface area contributed by atoms with Crippen molar-refractivity contribution in [1.29, 1.82) is 0 Å². The van der Waals surface area contributed by atoms with E-state index in [0.29, 0.717) is 0 Å². The van der Waals surface area contributed by atoms with Crippen LogP contribution in [0.2, 0.25) is 0 Å². The Hall–Kier alpha value is -4.90. The molecule has 1 radical (unpaired) electrons. The Labute approximate surface area is 271 Å². The van der Waals surface area contributed by atoms with Gasteiger partial charge in [0.15, 0.2) is 0 Å². The number of hydrogen-bond acceptors (Lipinski definition) is 4. The third-order valence-corrected chi connectivity index (χ3v) is 7.36. The van der Waals surface area contributed by atoms with E-state index in [9.17, 15) is 0 Å². The van der Waals surface area contributed by atoms with Crippen LogP contribution in [0, 0.1) is 12.1 Å². The fourth-order valence-corrected chi connectivity index (χ4v) is 5.23. The summed E-state index contributed by atoms with van der Waals surface area (Å²) in [6.07, 6.45) is 5.35. The SMILES string of the molecule is [2H]C(C)(C)c1ccc2c(c1)oc1c(-c3nc4cnccc4n3-c3ccccc3)[c-]ccc12.[Ir].[c-]1ccccc1-c1ccccn1. The summed E-state index contributed by atoms with van der Waals surface area (Å²) in [4.78, 5) is 13.4. The fourth-order valence-electron chi connectivity index (χ4n) is 5.23. The number of aromatic nitrogens is 4. The van der Waals surface area contributed by atoms with E-state index in [1.54, 1.807) is 18.6 Å². The molecular weight excluding hydrogens is 721 g/mol. The predicted molar refractivity (Wildman–Crippen MR) is 173 cm³/mol. The fraction of sp³-hybridized carbons (Fsp3) is 0.0789. The number of rotatable bonds is 4. The summed E-state index contributed by atoms with van der Waals surface area (Å²) in [5.74, 6) is 0.0565. The molecule has 6 heteroatoms. The third kappa shape index (κ3) is 5.58. The number of furan rings is 1. The second kappa shape index (κ2) is 12.8. The van der Waals surface area contributed by atoms with E-state index in [0.717, 1.165) is 66.9 Å². The second-order valence-corrected chi connectivity index (χ2v) is 10.4. The van der Waals surface area contributed by atoms with Crippen molar-refractivity contribution in [2.24, 2.45) is 0 Å². The first-order valence-electron chi connectivity index (χ1n) is 14.6. The Morgan fingerprint density at radius 2 is 1.66 bits per heavy atom. The van der Waals surface area contributed by atoms with Gasteiger partial charge in [-0.3, -0.25) is 9.97 Å². The summed E-state index contributed by atoms with van der Waals surface area (Å²) in [6.45, 7) is 3.76. The summed E-state index contributed by atoms with van der Waals surface area (Å²) >= 11 is 0. The molecule has 0 bridgehead atoms. The van der Waals surface area contributed by atoms with Crippen molar-refractivity contribution in [3.63, 3.8) is 0 Å². The third-order valence-electron chi connectivity index (χ3n) is 7.36. The molecule has 8 aromatic rings. The predicted octanol–water partition coefficient (Wildman–Crippen LogP) is 9.46. The van der Waals surface area contributed by atoms with Crippen LogP contribution in [-0.2, 0) is 20.1 Å². The molecule has 0 aliphatic heterocycles. The molecule has 0 fully saturated rings. The molecule has 44 heavy (non-hydrogen) atoms. The Balaban J connectivity index is 0.000000231. The van der Waals surface area contributed by atoms with Crippen molar-refractivity contribution >= 4 is 33.0 Å². The van der Waals surface area contributed by atoms with Gasteiger partial charge >= 0.3 is 0 Å². The number of benzene rings is 4. The topological polar surface area (TPSA) is 56.7 Å². The average Bonchev–Trinajstić information content (AvgIpc) is 3.64. The largest absolute Gasteiger partial charge is 0.501 e. The van der Waals surface area contributed by atoms with Crippen molar-refractivity contribution in [2.75, 3.05) is 0 Å². The van der Waals surface area contributed by atoms with Gasteiger partial charge < -0.3 is 14.0 Å². The maximum atomic E-state index is 8.38. The normalized spacial score (nSPS) is 11.5. The molecule has 5 nitrogen and oxygen atoms in total. The zero-order valence-corrected chi connectivity index (χ0v) is 26.5. The summed E-state index contributed by atoms with van der Waals surface area (Å²) < 4.78 is 16.9. The molecule has 0 atom stereocenters. The van der Waals surface area contributed by atoms with E-state index < -0.39 is 5.89 Å². The van der Waals surface area contributed by atoms with Gasteiger partial charge in [0.05, 0.1) is 28.6 Å². The van der Waals surface area contributed by atoms with E-state index in [1.165, 1.54) is 0 Å². The summed E-state index contributed by atoms with van der Waals surface area (Å²) in [5.41, 5.74) is 8.02. The molecule has 0 aliphatic carbocycles. The second-order valence-electron chi connectivity index (χ2n) is 10.4. The minimum atomic E-state index is -0.698. The van der Waals surface area contributed by atoms with Gasteiger partial charge in [0, 0.05) is 44.9 Å². The number of pyridine rings is 2. The van der Waals surface area contributed by atoms with Crippen LogP contribution in [0.5, 0.6) is 0 Å². The maximum Gasteiger partial charge on any atom is 0.121 e. The first kappa shape index (κ1) is 27.9. The van der Waals surface area contributed by atoms with Crippen LogP contribution in [0.4, 0.5) is 0 Å². The molecule has 0 aliphatic rings. The van der Waals surface area contributed by atoms with Gasteiger partial charge in [0.25, 0.3) is 0 Å². The van der Waals surface area contributed by atoms with E-state index in [2.05, 4.69) is 38.8 Å². The van der Waals surface area contributed by atoms with Crippen molar-refractivity contribution in [1.82, 2.24) is 19.5 Å². The summed E-state index contributed by atoms with van der Waals surface area (Å²) in [6, 6.07) is 42.3. The van der Waals surface area contributed by atoms with Crippen LogP contribution in [0.25, 0.3) is 61.3 Å². The van der Waals surface area contributed by atoms with Crippen molar-refractivity contribution in [3.05, 3.63) is 145 Å². The van der Waals surface area contributed by atoms with Gasteiger partial charge in [-0.15, -0.1) is 54.1 Å². The minimum absolute atomic E-state index is 0. The number of imidazole rings is 1. The molecule has 4 heterocycles. The monoisotopic (exact) mass is 750 g/mol.